The molecule has 0 radical (unpaired) electrons. The number of nitrogens with zero attached hydrogens (tertiary/aromatic N) is 2. The Morgan fingerprint density at radius 3 is 2.65 bits per heavy atom. The number of carbonyl (C=O) groups excluding carboxylic acids is 1. The van der Waals surface area contributed by atoms with Crippen LogP contribution in [0.4, 0.5) is 0 Å². The molecule has 1 fully saturated rings. The van der Waals surface area contributed by atoms with E-state index in [-0.39, 0.29) is 25.0 Å². The average Bonchev–Trinajstić information content (AvgIpc) is 3.17. The number of benzene rings is 1. The number of carboxylic acids is 1. The van der Waals surface area contributed by atoms with Gasteiger partial charge in [0.15, 0.2) is 0 Å². The van der Waals surface area contributed by atoms with Crippen molar-refractivity contribution in [1.29, 1.82) is 0 Å². The Balaban J connectivity index is 1.67. The minimum absolute atomic E-state index is 0.0580. The summed E-state index contributed by atoms with van der Waals surface area (Å²) in [6.07, 6.45) is 0. The lowest BCUT2D eigenvalue weighted by Gasteiger charge is -2.14. The minimum Gasteiger partial charge on any atom is -0.486 e. The lowest BCUT2D eigenvalue weighted by Crippen LogP contribution is -2.29. The van der Waals surface area contributed by atoms with Crippen LogP contribution in [0.15, 0.2) is 24.3 Å². The molecule has 138 valence electrons. The van der Waals surface area contributed by atoms with Gasteiger partial charge in [-0.25, -0.2) is 4.98 Å². The molecule has 0 aliphatic carbocycles. The van der Waals surface area contributed by atoms with Crippen LogP contribution in [-0.4, -0.2) is 40.0 Å². The zero-order valence-corrected chi connectivity index (χ0v) is 16.0. The Labute approximate surface area is 160 Å². The highest BCUT2D eigenvalue weighted by Gasteiger charge is 2.38. The van der Waals surface area contributed by atoms with Crippen molar-refractivity contribution in [3.8, 4) is 5.75 Å². The van der Waals surface area contributed by atoms with E-state index >= 15 is 0 Å². The van der Waals surface area contributed by atoms with Crippen molar-refractivity contribution in [1.82, 2.24) is 9.88 Å². The third kappa shape index (κ3) is 3.99. The highest BCUT2D eigenvalue weighted by Crippen LogP contribution is 2.28. The molecule has 2 aromatic rings. The summed E-state index contributed by atoms with van der Waals surface area (Å²) >= 11 is 7.13. The van der Waals surface area contributed by atoms with E-state index in [0.29, 0.717) is 32.9 Å². The molecule has 2 heterocycles. The number of amides is 1. The fourth-order valence-electron chi connectivity index (χ4n) is 2.99. The van der Waals surface area contributed by atoms with Crippen molar-refractivity contribution in [3.63, 3.8) is 0 Å². The van der Waals surface area contributed by atoms with E-state index in [1.165, 1.54) is 11.3 Å². The Hall–Kier alpha value is -2.12. The van der Waals surface area contributed by atoms with Gasteiger partial charge in [0, 0.05) is 18.1 Å². The van der Waals surface area contributed by atoms with E-state index < -0.39 is 11.9 Å². The second-order valence-corrected chi connectivity index (χ2v) is 7.92. The molecule has 6 nitrogen and oxygen atoms in total. The largest absolute Gasteiger partial charge is 0.486 e. The van der Waals surface area contributed by atoms with E-state index in [1.54, 1.807) is 36.1 Å². The van der Waals surface area contributed by atoms with Gasteiger partial charge in [-0.05, 0) is 37.1 Å². The second-order valence-electron chi connectivity index (χ2n) is 6.40. The molecule has 0 unspecified atom stereocenters. The molecule has 8 heteroatoms. The van der Waals surface area contributed by atoms with Gasteiger partial charge in [-0.2, -0.15) is 0 Å². The Bertz CT molecular complexity index is 821. The number of likely N-dealkylation sites (tertiary alicyclic amines) is 1. The highest BCUT2D eigenvalue weighted by molar-refractivity contribution is 7.13. The van der Waals surface area contributed by atoms with Crippen LogP contribution >= 0.6 is 22.9 Å². The van der Waals surface area contributed by atoms with Crippen molar-refractivity contribution in [2.24, 2.45) is 11.8 Å². The molecule has 1 aromatic heterocycles. The lowest BCUT2D eigenvalue weighted by atomic mass is 9.99. The molecule has 1 amide bonds. The predicted molar refractivity (Wildman–Crippen MR) is 98.8 cm³/mol. The van der Waals surface area contributed by atoms with E-state index in [9.17, 15) is 14.7 Å². The number of ether oxygens (including phenoxy) is 1. The summed E-state index contributed by atoms with van der Waals surface area (Å²) in [4.78, 5) is 30.6. The normalized spacial score (nSPS) is 19.6. The first-order chi connectivity index (χ1) is 12.3. The summed E-state index contributed by atoms with van der Waals surface area (Å²) < 4.78 is 5.67. The number of hydrogen-bond acceptors (Lipinski definition) is 5. The number of aryl methyl sites for hydroxylation is 1. The molecule has 1 aromatic carbocycles. The molecular weight excluding hydrogens is 376 g/mol. The summed E-state index contributed by atoms with van der Waals surface area (Å²) in [5.74, 6) is -0.913. The van der Waals surface area contributed by atoms with Gasteiger partial charge in [0.1, 0.15) is 22.2 Å². The number of aromatic nitrogens is 1. The lowest BCUT2D eigenvalue weighted by molar-refractivity contribution is -0.142. The first-order valence-electron chi connectivity index (χ1n) is 8.22. The van der Waals surface area contributed by atoms with Gasteiger partial charge in [0.2, 0.25) is 0 Å². The van der Waals surface area contributed by atoms with Crippen LogP contribution in [-0.2, 0) is 11.4 Å². The Morgan fingerprint density at radius 1 is 1.35 bits per heavy atom. The molecule has 0 saturated carbocycles. The molecule has 1 aliphatic rings. The van der Waals surface area contributed by atoms with Gasteiger partial charge < -0.3 is 14.7 Å². The zero-order valence-electron chi connectivity index (χ0n) is 14.4. The van der Waals surface area contributed by atoms with Gasteiger partial charge in [-0.1, -0.05) is 18.5 Å². The number of hydrogen-bond donors (Lipinski definition) is 1. The maximum atomic E-state index is 12.8. The third-order valence-electron chi connectivity index (χ3n) is 4.43. The van der Waals surface area contributed by atoms with Crippen molar-refractivity contribution in [3.05, 3.63) is 44.9 Å². The second kappa shape index (κ2) is 7.63. The molecule has 3 rings (SSSR count). The number of carbonyl (C=O) groups is 2. The smallest absolute Gasteiger partial charge is 0.308 e. The first kappa shape index (κ1) is 18.7. The summed E-state index contributed by atoms with van der Waals surface area (Å²) in [7, 11) is 0. The van der Waals surface area contributed by atoms with Gasteiger partial charge in [0.25, 0.3) is 5.91 Å². The van der Waals surface area contributed by atoms with Crippen LogP contribution in [0.1, 0.15) is 27.3 Å². The number of rotatable bonds is 5. The Morgan fingerprint density at radius 2 is 2.04 bits per heavy atom. The van der Waals surface area contributed by atoms with Gasteiger partial charge in [0.05, 0.1) is 11.6 Å². The van der Waals surface area contributed by atoms with Crippen LogP contribution in [0.3, 0.4) is 0 Å². The molecule has 1 N–H and O–H groups in total. The van der Waals surface area contributed by atoms with Crippen molar-refractivity contribution in [2.45, 2.75) is 20.5 Å². The van der Waals surface area contributed by atoms with Crippen molar-refractivity contribution in [2.75, 3.05) is 13.1 Å². The molecule has 2 atom stereocenters. The number of thiazole rings is 1. The standard InChI is InChI=1S/C18H19ClN2O4S/c1-10-7-21(8-14(10)18(23)24)17(22)16-11(2)20-15(26-16)9-25-13-5-3-12(19)4-6-13/h3-6,10,14H,7-9H2,1-2H3,(H,23,24)/t10-,14-/m1/s1. The number of carboxylic acid groups (broad SMARTS) is 1. The minimum atomic E-state index is -0.856. The topological polar surface area (TPSA) is 79.7 Å². The molecule has 1 aliphatic heterocycles. The molecule has 0 spiro atoms. The predicted octanol–water partition coefficient (Wildman–Crippen LogP) is 3.48. The quantitative estimate of drug-likeness (QED) is 0.839. The van der Waals surface area contributed by atoms with Gasteiger partial charge in [-0.15, -0.1) is 11.3 Å². The molecule has 1 saturated heterocycles. The zero-order chi connectivity index (χ0) is 18.8. The monoisotopic (exact) mass is 394 g/mol. The van der Waals surface area contributed by atoms with Crippen molar-refractivity contribution < 1.29 is 19.4 Å². The fourth-order valence-corrected chi connectivity index (χ4v) is 4.06. The van der Waals surface area contributed by atoms with Crippen LogP contribution < -0.4 is 4.74 Å². The fraction of sp³-hybridized carbons (Fsp3) is 0.389. The summed E-state index contributed by atoms with van der Waals surface area (Å²) in [6, 6.07) is 7.03. The van der Waals surface area contributed by atoms with Gasteiger partial charge >= 0.3 is 5.97 Å². The maximum Gasteiger partial charge on any atom is 0.308 e. The molecule has 0 bridgehead atoms. The van der Waals surface area contributed by atoms with Crippen LogP contribution in [0.5, 0.6) is 5.75 Å². The summed E-state index contributed by atoms with van der Waals surface area (Å²) in [5, 5.41) is 10.6. The molecule has 26 heavy (non-hydrogen) atoms. The van der Waals surface area contributed by atoms with Gasteiger partial charge in [-0.3, -0.25) is 9.59 Å². The first-order valence-corrected chi connectivity index (χ1v) is 9.41. The Kier molecular flexibility index (Phi) is 5.48. The van der Waals surface area contributed by atoms with E-state index in [1.807, 2.05) is 6.92 Å². The summed E-state index contributed by atoms with van der Waals surface area (Å²) in [5.41, 5.74) is 0.640. The number of aliphatic carboxylic acids is 1. The van der Waals surface area contributed by atoms with E-state index in [0.717, 1.165) is 0 Å². The SMILES string of the molecule is Cc1nc(COc2ccc(Cl)cc2)sc1C(=O)N1C[C@@H](C)[C@H](C(=O)O)C1. The maximum absolute atomic E-state index is 12.8. The van der Waals surface area contributed by atoms with Crippen LogP contribution in [0.2, 0.25) is 5.02 Å². The summed E-state index contributed by atoms with van der Waals surface area (Å²) in [6.45, 7) is 4.59. The molecular formula is C18H19ClN2O4S. The van der Waals surface area contributed by atoms with Crippen LogP contribution in [0, 0.1) is 18.8 Å². The van der Waals surface area contributed by atoms with E-state index in [4.69, 9.17) is 16.3 Å². The van der Waals surface area contributed by atoms with Crippen molar-refractivity contribution >= 4 is 34.8 Å². The average molecular weight is 395 g/mol. The van der Waals surface area contributed by atoms with E-state index in [2.05, 4.69) is 4.98 Å². The number of halogens is 1. The highest BCUT2D eigenvalue weighted by atomic mass is 35.5. The third-order valence-corrected chi connectivity index (χ3v) is 5.80. The van der Waals surface area contributed by atoms with Crippen LogP contribution in [0.25, 0.3) is 0 Å².